The van der Waals surface area contributed by atoms with Gasteiger partial charge in [0.25, 0.3) is 0 Å². The van der Waals surface area contributed by atoms with E-state index in [4.69, 9.17) is 0 Å². The minimum atomic E-state index is -3.09. The van der Waals surface area contributed by atoms with Gasteiger partial charge >= 0.3 is 0 Å². The van der Waals surface area contributed by atoms with Crippen molar-refractivity contribution in [2.45, 2.75) is 33.2 Å². The van der Waals surface area contributed by atoms with Gasteiger partial charge in [0.2, 0.25) is 11.8 Å². The van der Waals surface area contributed by atoms with Crippen molar-refractivity contribution in [3.63, 3.8) is 0 Å². The largest absolute Gasteiger partial charge is 0.341 e. The molecule has 0 saturated carbocycles. The molecule has 0 bridgehead atoms. The Morgan fingerprint density at radius 3 is 2.42 bits per heavy atom. The fraction of sp³-hybridized carbons (Fsp3) is 0.529. The number of anilines is 1. The van der Waals surface area contributed by atoms with Crippen molar-refractivity contribution >= 4 is 27.3 Å². The molecule has 132 valence electrons. The average Bonchev–Trinajstić information content (AvgIpc) is 2.88. The van der Waals surface area contributed by atoms with Crippen molar-refractivity contribution in [3.05, 3.63) is 29.8 Å². The van der Waals surface area contributed by atoms with E-state index >= 15 is 0 Å². The summed E-state index contributed by atoms with van der Waals surface area (Å²) in [6, 6.07) is 6.97. The SMILES string of the molecule is Cc1ccccc1NC(=O)C(C)(C)C(=O)N(C)C1CCS(=O)(=O)C1. The minimum Gasteiger partial charge on any atom is -0.341 e. The minimum absolute atomic E-state index is 0.0370. The number of hydrogen-bond acceptors (Lipinski definition) is 4. The van der Waals surface area contributed by atoms with Crippen LogP contribution in [0.4, 0.5) is 5.69 Å². The van der Waals surface area contributed by atoms with Crippen LogP contribution in [0.1, 0.15) is 25.8 Å². The smallest absolute Gasteiger partial charge is 0.239 e. The Kier molecular flexibility index (Phi) is 5.03. The summed E-state index contributed by atoms with van der Waals surface area (Å²) < 4.78 is 23.2. The molecule has 2 rings (SSSR count). The standard InChI is InChI=1S/C17H24N2O4S/c1-12-7-5-6-8-14(12)18-15(20)17(2,3)16(21)19(4)13-9-10-24(22,23)11-13/h5-8,13H,9-11H2,1-4H3,(H,18,20). The average molecular weight is 352 g/mol. The zero-order valence-electron chi connectivity index (χ0n) is 14.5. The first kappa shape index (κ1) is 18.4. The van der Waals surface area contributed by atoms with Crippen LogP contribution in [0.5, 0.6) is 0 Å². The number of nitrogens with one attached hydrogen (secondary N) is 1. The van der Waals surface area contributed by atoms with Crippen LogP contribution in [0.2, 0.25) is 0 Å². The van der Waals surface area contributed by atoms with E-state index in [-0.39, 0.29) is 23.5 Å². The molecule has 1 aliphatic rings. The molecule has 2 amide bonds. The maximum absolute atomic E-state index is 12.7. The molecule has 0 aliphatic carbocycles. The number of sulfone groups is 1. The molecule has 0 aromatic heterocycles. The maximum atomic E-state index is 12.7. The Bertz CT molecular complexity index is 756. The third-order valence-electron chi connectivity index (χ3n) is 4.57. The lowest BCUT2D eigenvalue weighted by Gasteiger charge is -2.31. The number of nitrogens with zero attached hydrogens (tertiary/aromatic N) is 1. The fourth-order valence-electron chi connectivity index (χ4n) is 2.78. The highest BCUT2D eigenvalue weighted by Gasteiger charge is 2.42. The van der Waals surface area contributed by atoms with Crippen molar-refractivity contribution in [2.75, 3.05) is 23.9 Å². The fourth-order valence-corrected chi connectivity index (χ4v) is 4.55. The van der Waals surface area contributed by atoms with E-state index in [2.05, 4.69) is 5.32 Å². The number of rotatable bonds is 4. The third kappa shape index (κ3) is 3.77. The molecule has 1 N–H and O–H groups in total. The summed E-state index contributed by atoms with van der Waals surface area (Å²) in [4.78, 5) is 26.8. The molecule has 1 unspecified atom stereocenters. The van der Waals surface area contributed by atoms with Gasteiger partial charge in [0, 0.05) is 18.8 Å². The highest BCUT2D eigenvalue weighted by atomic mass is 32.2. The quantitative estimate of drug-likeness (QED) is 0.835. The molecule has 0 spiro atoms. The predicted molar refractivity (Wildman–Crippen MR) is 93.4 cm³/mol. The van der Waals surface area contributed by atoms with Gasteiger partial charge in [0.05, 0.1) is 11.5 Å². The normalized spacial score (nSPS) is 19.8. The first-order valence-electron chi connectivity index (χ1n) is 7.89. The Morgan fingerprint density at radius 1 is 1.25 bits per heavy atom. The molecule has 24 heavy (non-hydrogen) atoms. The molecule has 1 fully saturated rings. The zero-order valence-corrected chi connectivity index (χ0v) is 15.3. The Morgan fingerprint density at radius 2 is 1.88 bits per heavy atom. The van der Waals surface area contributed by atoms with Gasteiger partial charge in [-0.3, -0.25) is 9.59 Å². The van der Waals surface area contributed by atoms with Crippen LogP contribution < -0.4 is 5.32 Å². The molecule has 1 aromatic rings. The van der Waals surface area contributed by atoms with Crippen molar-refractivity contribution < 1.29 is 18.0 Å². The molecule has 6 nitrogen and oxygen atoms in total. The summed E-state index contributed by atoms with van der Waals surface area (Å²) in [6.07, 6.45) is 0.417. The number of hydrogen-bond donors (Lipinski definition) is 1. The second-order valence-corrected chi connectivity index (χ2v) is 9.10. The van der Waals surface area contributed by atoms with Crippen LogP contribution in [0.25, 0.3) is 0 Å². The lowest BCUT2D eigenvalue weighted by Crippen LogP contribution is -2.49. The topological polar surface area (TPSA) is 83.6 Å². The third-order valence-corrected chi connectivity index (χ3v) is 6.32. The van der Waals surface area contributed by atoms with E-state index in [0.29, 0.717) is 12.1 Å². The Hall–Kier alpha value is -1.89. The predicted octanol–water partition coefficient (Wildman–Crippen LogP) is 1.61. The van der Waals surface area contributed by atoms with E-state index in [9.17, 15) is 18.0 Å². The van der Waals surface area contributed by atoms with Crippen molar-refractivity contribution in [1.82, 2.24) is 4.90 Å². The second-order valence-electron chi connectivity index (χ2n) is 6.87. The number of aryl methyl sites for hydroxylation is 1. The molecular weight excluding hydrogens is 328 g/mol. The van der Waals surface area contributed by atoms with Crippen LogP contribution in [0.15, 0.2) is 24.3 Å². The van der Waals surface area contributed by atoms with Gasteiger partial charge in [-0.2, -0.15) is 0 Å². The van der Waals surface area contributed by atoms with Gasteiger partial charge in [-0.15, -0.1) is 0 Å². The molecular formula is C17H24N2O4S. The first-order chi connectivity index (χ1) is 11.0. The van der Waals surface area contributed by atoms with Gasteiger partial charge < -0.3 is 10.2 Å². The van der Waals surface area contributed by atoms with Crippen LogP contribution >= 0.6 is 0 Å². The monoisotopic (exact) mass is 352 g/mol. The molecule has 1 heterocycles. The molecule has 1 aromatic carbocycles. The number of benzene rings is 1. The summed E-state index contributed by atoms with van der Waals surface area (Å²) >= 11 is 0. The first-order valence-corrected chi connectivity index (χ1v) is 9.71. The van der Waals surface area contributed by atoms with Gasteiger partial charge in [0.1, 0.15) is 5.41 Å². The highest BCUT2D eigenvalue weighted by molar-refractivity contribution is 7.91. The van der Waals surface area contributed by atoms with Gasteiger partial charge in [-0.05, 0) is 38.8 Å². The summed E-state index contributed by atoms with van der Waals surface area (Å²) in [5.41, 5.74) is 0.280. The van der Waals surface area contributed by atoms with Crippen LogP contribution in [0, 0.1) is 12.3 Å². The van der Waals surface area contributed by atoms with Gasteiger partial charge in [-0.25, -0.2) is 8.42 Å². The Balaban J connectivity index is 2.12. The highest BCUT2D eigenvalue weighted by Crippen LogP contribution is 2.26. The summed E-state index contributed by atoms with van der Waals surface area (Å²) in [5, 5.41) is 2.79. The number of carbonyl (C=O) groups excluding carboxylic acids is 2. The second kappa shape index (κ2) is 6.55. The zero-order chi connectivity index (χ0) is 18.1. The van der Waals surface area contributed by atoms with Crippen LogP contribution in [-0.2, 0) is 19.4 Å². The number of para-hydroxylation sites is 1. The van der Waals surface area contributed by atoms with Crippen molar-refractivity contribution in [3.8, 4) is 0 Å². The lowest BCUT2D eigenvalue weighted by molar-refractivity contribution is -0.146. The van der Waals surface area contributed by atoms with Gasteiger partial charge in [0.15, 0.2) is 9.84 Å². The molecule has 1 atom stereocenters. The van der Waals surface area contributed by atoms with Crippen molar-refractivity contribution in [2.24, 2.45) is 5.41 Å². The van der Waals surface area contributed by atoms with E-state index in [1.165, 1.54) is 4.90 Å². The number of amides is 2. The lowest BCUT2D eigenvalue weighted by atomic mass is 9.89. The van der Waals surface area contributed by atoms with Gasteiger partial charge in [-0.1, -0.05) is 18.2 Å². The van der Waals surface area contributed by atoms with E-state index in [1.807, 2.05) is 25.1 Å². The molecule has 1 aliphatic heterocycles. The molecule has 7 heteroatoms. The van der Waals surface area contributed by atoms with Crippen LogP contribution in [-0.4, -0.2) is 49.7 Å². The molecule has 0 radical (unpaired) electrons. The molecule has 1 saturated heterocycles. The summed E-state index contributed by atoms with van der Waals surface area (Å²) in [6.45, 7) is 4.99. The van der Waals surface area contributed by atoms with Crippen LogP contribution in [0.3, 0.4) is 0 Å². The number of carbonyl (C=O) groups is 2. The van der Waals surface area contributed by atoms with E-state index in [1.54, 1.807) is 27.0 Å². The summed E-state index contributed by atoms with van der Waals surface area (Å²) in [5.74, 6) is -0.735. The summed E-state index contributed by atoms with van der Waals surface area (Å²) in [7, 11) is -1.52. The van der Waals surface area contributed by atoms with E-state index in [0.717, 1.165) is 5.56 Å². The maximum Gasteiger partial charge on any atom is 0.239 e. The van der Waals surface area contributed by atoms with E-state index < -0.39 is 21.2 Å². The Labute approximate surface area is 143 Å². The van der Waals surface area contributed by atoms with Crippen molar-refractivity contribution in [1.29, 1.82) is 0 Å².